The van der Waals surface area contributed by atoms with Crippen molar-refractivity contribution < 1.29 is 4.39 Å². The van der Waals surface area contributed by atoms with Crippen LogP contribution in [0.25, 0.3) is 11.1 Å². The SMILES string of the molecule is CC1(C2CCNc3c(-c4ccc(F)cc4)cnn32)CC1. The summed E-state index contributed by atoms with van der Waals surface area (Å²) >= 11 is 0. The Hall–Kier alpha value is -1.84. The Morgan fingerprint density at radius 1 is 1.30 bits per heavy atom. The van der Waals surface area contributed by atoms with E-state index in [9.17, 15) is 4.39 Å². The molecule has 2 heterocycles. The van der Waals surface area contributed by atoms with Gasteiger partial charge in [0.25, 0.3) is 0 Å². The Bertz CT molecular complexity index is 640. The van der Waals surface area contributed by atoms with E-state index < -0.39 is 0 Å². The molecule has 4 rings (SSSR count). The van der Waals surface area contributed by atoms with Gasteiger partial charge in [-0.05, 0) is 42.4 Å². The van der Waals surface area contributed by atoms with Gasteiger partial charge in [0.1, 0.15) is 11.6 Å². The molecule has 0 bridgehead atoms. The van der Waals surface area contributed by atoms with Crippen LogP contribution in [0.1, 0.15) is 32.2 Å². The number of aromatic nitrogens is 2. The second-order valence-corrected chi connectivity index (χ2v) is 6.24. The molecule has 1 N–H and O–H groups in total. The van der Waals surface area contributed by atoms with E-state index in [2.05, 4.69) is 22.0 Å². The van der Waals surface area contributed by atoms with Crippen LogP contribution in [0.15, 0.2) is 30.5 Å². The number of hydrogen-bond acceptors (Lipinski definition) is 2. The Balaban J connectivity index is 1.77. The number of rotatable bonds is 2. The topological polar surface area (TPSA) is 29.9 Å². The average Bonchev–Trinajstić information content (AvgIpc) is 3.06. The van der Waals surface area contributed by atoms with Crippen molar-refractivity contribution in [3.63, 3.8) is 0 Å². The highest BCUT2D eigenvalue weighted by molar-refractivity contribution is 5.75. The minimum Gasteiger partial charge on any atom is -0.370 e. The van der Waals surface area contributed by atoms with Gasteiger partial charge < -0.3 is 5.32 Å². The smallest absolute Gasteiger partial charge is 0.132 e. The Labute approximate surface area is 117 Å². The number of nitrogens with zero attached hydrogens (tertiary/aromatic N) is 2. The molecule has 1 aromatic carbocycles. The highest BCUT2D eigenvalue weighted by Gasteiger charge is 2.47. The van der Waals surface area contributed by atoms with E-state index in [1.54, 1.807) is 0 Å². The molecule has 4 heteroatoms. The quantitative estimate of drug-likeness (QED) is 0.899. The fourth-order valence-electron chi connectivity index (χ4n) is 3.24. The van der Waals surface area contributed by atoms with E-state index in [1.165, 1.54) is 25.0 Å². The summed E-state index contributed by atoms with van der Waals surface area (Å²) in [5, 5.41) is 8.06. The van der Waals surface area contributed by atoms with Crippen LogP contribution in [-0.2, 0) is 0 Å². The Morgan fingerprint density at radius 2 is 2.05 bits per heavy atom. The molecule has 1 fully saturated rings. The fourth-order valence-corrected chi connectivity index (χ4v) is 3.24. The van der Waals surface area contributed by atoms with Crippen LogP contribution in [0.3, 0.4) is 0 Å². The van der Waals surface area contributed by atoms with E-state index in [-0.39, 0.29) is 5.82 Å². The van der Waals surface area contributed by atoms with Crippen LogP contribution in [0.4, 0.5) is 10.2 Å². The standard InChI is InChI=1S/C16H18FN3/c1-16(7-8-16)14-6-9-18-15-13(10-19-20(14)15)11-2-4-12(17)5-3-11/h2-5,10,14,18H,6-9H2,1H3. The van der Waals surface area contributed by atoms with Crippen LogP contribution >= 0.6 is 0 Å². The number of benzene rings is 1. The maximum Gasteiger partial charge on any atom is 0.132 e. The maximum atomic E-state index is 13.1. The molecular weight excluding hydrogens is 253 g/mol. The second-order valence-electron chi connectivity index (χ2n) is 6.24. The molecule has 1 aliphatic carbocycles. The van der Waals surface area contributed by atoms with Gasteiger partial charge >= 0.3 is 0 Å². The number of hydrogen-bond donors (Lipinski definition) is 1. The predicted octanol–water partition coefficient (Wildman–Crippen LogP) is 3.85. The molecule has 2 aromatic rings. The van der Waals surface area contributed by atoms with Crippen molar-refractivity contribution in [2.45, 2.75) is 32.2 Å². The first-order chi connectivity index (χ1) is 9.67. The Morgan fingerprint density at radius 3 is 2.75 bits per heavy atom. The summed E-state index contributed by atoms with van der Waals surface area (Å²) in [7, 11) is 0. The lowest BCUT2D eigenvalue weighted by Crippen LogP contribution is -2.28. The van der Waals surface area contributed by atoms with Crippen molar-refractivity contribution in [2.24, 2.45) is 5.41 Å². The normalized spacial score (nSPS) is 23.0. The second kappa shape index (κ2) is 4.08. The van der Waals surface area contributed by atoms with E-state index >= 15 is 0 Å². The molecule has 1 unspecified atom stereocenters. The van der Waals surface area contributed by atoms with Crippen LogP contribution in [-0.4, -0.2) is 16.3 Å². The van der Waals surface area contributed by atoms with Gasteiger partial charge in [0.05, 0.1) is 12.2 Å². The van der Waals surface area contributed by atoms with Gasteiger partial charge in [0.2, 0.25) is 0 Å². The molecule has 2 aliphatic rings. The zero-order chi connectivity index (χ0) is 13.7. The summed E-state index contributed by atoms with van der Waals surface area (Å²) < 4.78 is 15.2. The molecule has 1 aromatic heterocycles. The summed E-state index contributed by atoms with van der Waals surface area (Å²) in [6.07, 6.45) is 5.62. The lowest BCUT2D eigenvalue weighted by atomic mass is 9.94. The van der Waals surface area contributed by atoms with E-state index in [0.717, 1.165) is 29.9 Å². The predicted molar refractivity (Wildman–Crippen MR) is 77.1 cm³/mol. The first-order valence-electron chi connectivity index (χ1n) is 7.25. The van der Waals surface area contributed by atoms with E-state index in [0.29, 0.717) is 11.5 Å². The molecule has 1 aliphatic heterocycles. The molecular formula is C16H18FN3. The van der Waals surface area contributed by atoms with Gasteiger partial charge in [-0.1, -0.05) is 19.1 Å². The van der Waals surface area contributed by atoms with Gasteiger partial charge in [-0.2, -0.15) is 5.10 Å². The molecule has 1 saturated carbocycles. The first-order valence-corrected chi connectivity index (χ1v) is 7.25. The lowest BCUT2D eigenvalue weighted by Gasteiger charge is -2.31. The van der Waals surface area contributed by atoms with Crippen LogP contribution in [0.5, 0.6) is 0 Å². The van der Waals surface area contributed by atoms with Crippen LogP contribution in [0, 0.1) is 11.2 Å². The third kappa shape index (κ3) is 1.74. The fraction of sp³-hybridized carbons (Fsp3) is 0.438. The third-order valence-corrected chi connectivity index (χ3v) is 4.80. The number of halogens is 1. The van der Waals surface area contributed by atoms with Crippen molar-refractivity contribution in [1.29, 1.82) is 0 Å². The van der Waals surface area contributed by atoms with Crippen molar-refractivity contribution in [3.05, 3.63) is 36.3 Å². The van der Waals surface area contributed by atoms with E-state index in [4.69, 9.17) is 0 Å². The molecule has 0 radical (unpaired) electrons. The minimum absolute atomic E-state index is 0.203. The molecule has 0 spiro atoms. The highest BCUT2D eigenvalue weighted by atomic mass is 19.1. The van der Waals surface area contributed by atoms with Crippen molar-refractivity contribution in [1.82, 2.24) is 9.78 Å². The number of fused-ring (bicyclic) bond motifs is 1. The maximum absolute atomic E-state index is 13.1. The highest BCUT2D eigenvalue weighted by Crippen LogP contribution is 2.56. The van der Waals surface area contributed by atoms with Crippen molar-refractivity contribution >= 4 is 5.82 Å². The van der Waals surface area contributed by atoms with Gasteiger partial charge in [-0.25, -0.2) is 9.07 Å². The monoisotopic (exact) mass is 271 g/mol. The van der Waals surface area contributed by atoms with Crippen LogP contribution in [0.2, 0.25) is 0 Å². The summed E-state index contributed by atoms with van der Waals surface area (Å²) in [5.41, 5.74) is 2.50. The van der Waals surface area contributed by atoms with Gasteiger partial charge in [0, 0.05) is 12.1 Å². The lowest BCUT2D eigenvalue weighted by molar-refractivity contribution is 0.285. The third-order valence-electron chi connectivity index (χ3n) is 4.80. The van der Waals surface area contributed by atoms with Crippen molar-refractivity contribution in [2.75, 3.05) is 11.9 Å². The van der Waals surface area contributed by atoms with E-state index in [1.807, 2.05) is 18.3 Å². The number of anilines is 1. The summed E-state index contributed by atoms with van der Waals surface area (Å²) in [6.45, 7) is 3.34. The molecule has 104 valence electrons. The first kappa shape index (κ1) is 11.9. The molecule has 3 nitrogen and oxygen atoms in total. The Kier molecular flexibility index (Phi) is 2.43. The molecule has 0 amide bonds. The zero-order valence-electron chi connectivity index (χ0n) is 11.6. The summed E-state index contributed by atoms with van der Waals surface area (Å²) in [4.78, 5) is 0. The summed E-state index contributed by atoms with van der Waals surface area (Å²) in [6, 6.07) is 7.13. The summed E-state index contributed by atoms with van der Waals surface area (Å²) in [5.74, 6) is 0.882. The van der Waals surface area contributed by atoms with Crippen molar-refractivity contribution in [3.8, 4) is 11.1 Å². The van der Waals surface area contributed by atoms with Gasteiger partial charge in [-0.3, -0.25) is 0 Å². The largest absolute Gasteiger partial charge is 0.370 e. The average molecular weight is 271 g/mol. The van der Waals surface area contributed by atoms with Gasteiger partial charge in [0.15, 0.2) is 0 Å². The van der Waals surface area contributed by atoms with Crippen LogP contribution < -0.4 is 5.32 Å². The number of nitrogens with one attached hydrogen (secondary N) is 1. The minimum atomic E-state index is -0.203. The molecule has 1 atom stereocenters. The molecule has 0 saturated heterocycles. The molecule has 20 heavy (non-hydrogen) atoms. The van der Waals surface area contributed by atoms with Gasteiger partial charge in [-0.15, -0.1) is 0 Å². The zero-order valence-corrected chi connectivity index (χ0v) is 11.6.